The van der Waals surface area contributed by atoms with E-state index in [0.717, 1.165) is 37.5 Å². The van der Waals surface area contributed by atoms with E-state index in [0.29, 0.717) is 18.9 Å². The fourth-order valence-corrected chi connectivity index (χ4v) is 8.42. The Kier molecular flexibility index (Phi) is 4.28. The zero-order chi connectivity index (χ0) is 21.6. The fraction of sp³-hybridized carbons (Fsp3) is 0.792. The first kappa shape index (κ1) is 20.2. The number of ketones is 2. The van der Waals surface area contributed by atoms with Gasteiger partial charge < -0.3 is 23.7 Å². The van der Waals surface area contributed by atoms with Crippen LogP contribution in [0.25, 0.3) is 0 Å². The number of Topliss-reactive ketones (excluding diaryl/α,β-unsaturated/α-hetero) is 1. The van der Waals surface area contributed by atoms with E-state index in [9.17, 15) is 14.4 Å². The Morgan fingerprint density at radius 2 is 1.90 bits per heavy atom. The van der Waals surface area contributed by atoms with Gasteiger partial charge in [0.15, 0.2) is 19.4 Å². The van der Waals surface area contributed by atoms with E-state index in [1.54, 1.807) is 6.08 Å². The molecule has 3 saturated carbocycles. The topological polar surface area (TPSA) is 88.1 Å². The van der Waals surface area contributed by atoms with Crippen molar-refractivity contribution < 1.29 is 33.3 Å². The van der Waals surface area contributed by atoms with Crippen LogP contribution in [0, 0.1) is 40.9 Å². The van der Waals surface area contributed by atoms with Crippen LogP contribution >= 0.6 is 0 Å². The van der Waals surface area contributed by atoms with Crippen LogP contribution in [0.1, 0.15) is 46.0 Å². The Morgan fingerprint density at radius 1 is 1.10 bits per heavy atom. The van der Waals surface area contributed by atoms with Crippen molar-refractivity contribution in [2.45, 2.75) is 57.3 Å². The number of hydrogen-bond donors (Lipinski definition) is 0. The van der Waals surface area contributed by atoms with Crippen LogP contribution in [0.15, 0.2) is 11.6 Å². The lowest BCUT2D eigenvalue weighted by molar-refractivity contribution is -0.230. The van der Waals surface area contributed by atoms with Gasteiger partial charge in [-0.15, -0.1) is 0 Å². The lowest BCUT2D eigenvalue weighted by Crippen LogP contribution is -2.63. The molecule has 0 aromatic carbocycles. The number of ether oxygens (including phenoxy) is 4. The van der Waals surface area contributed by atoms with Crippen LogP contribution in [0.4, 0.5) is 0 Å². The van der Waals surface area contributed by atoms with E-state index in [-0.39, 0.29) is 48.8 Å². The maximum absolute atomic E-state index is 14.0. The van der Waals surface area contributed by atoms with Crippen molar-refractivity contribution >= 4 is 17.9 Å². The molecule has 6 unspecified atom stereocenters. The summed E-state index contributed by atoms with van der Waals surface area (Å²) in [6, 6.07) is 0. The highest BCUT2D eigenvalue weighted by Crippen LogP contribution is 2.67. The number of allylic oxidation sites excluding steroid dienone is 1. The molecule has 0 N–H and O–H groups in total. The molecule has 2 saturated heterocycles. The van der Waals surface area contributed by atoms with Crippen molar-refractivity contribution in [1.29, 1.82) is 0 Å². The smallest absolute Gasteiger partial charge is 0.226 e. The zero-order valence-corrected chi connectivity index (χ0v) is 18.1. The second-order valence-corrected chi connectivity index (χ2v) is 10.7. The third-order valence-corrected chi connectivity index (χ3v) is 9.70. The average Bonchev–Trinajstić information content (AvgIpc) is 3.47. The largest absolute Gasteiger partial charge is 0.350 e. The van der Waals surface area contributed by atoms with E-state index in [1.807, 2.05) is 6.92 Å². The molecule has 6 rings (SSSR count). The number of fused-ring (bicyclic) bond motifs is 7. The highest BCUT2D eigenvalue weighted by Gasteiger charge is 2.73. The Balaban J connectivity index is 1.41. The maximum atomic E-state index is 14.0. The summed E-state index contributed by atoms with van der Waals surface area (Å²) < 4.78 is 23.8. The monoisotopic (exact) mass is 430 g/mol. The van der Waals surface area contributed by atoms with Gasteiger partial charge in [0.25, 0.3) is 0 Å². The fourth-order valence-electron chi connectivity index (χ4n) is 8.42. The van der Waals surface area contributed by atoms with Crippen molar-refractivity contribution in [3.05, 3.63) is 11.6 Å². The van der Waals surface area contributed by atoms with Gasteiger partial charge in [-0.25, -0.2) is 0 Å². The first-order chi connectivity index (χ1) is 14.9. The molecule has 7 nitrogen and oxygen atoms in total. The molecule has 2 spiro atoms. The summed E-state index contributed by atoms with van der Waals surface area (Å²) in [5.74, 6) is -1.22. The second-order valence-electron chi connectivity index (χ2n) is 10.7. The normalized spacial score (nSPS) is 53.4. The lowest BCUT2D eigenvalue weighted by Gasteiger charge is -2.57. The highest BCUT2D eigenvalue weighted by molar-refractivity contribution is 6.02. The molecule has 2 heterocycles. The predicted octanol–water partition coefficient (Wildman–Crippen LogP) is 2.42. The van der Waals surface area contributed by atoms with Gasteiger partial charge in [0.05, 0.1) is 5.92 Å². The standard InChI is InChI=1S/C24H30O7/c1-13-19-17(5-6-23(19)24(31-12-29-23)10-28-11-30-24)16-4-3-15-7-18(26)14(9-25)8-22(15,2)20(16)21(13)27/h7,9,13-14,16-17,19-20H,3-6,8,10-12H2,1-2H3/t13-,14?,16?,17?,19?,20?,22-,23+,24?/m0/s1. The minimum atomic E-state index is -0.919. The first-order valence-corrected chi connectivity index (χ1v) is 11.6. The summed E-state index contributed by atoms with van der Waals surface area (Å²) in [5.41, 5.74) is -0.0151. The molecule has 0 aromatic heterocycles. The summed E-state index contributed by atoms with van der Waals surface area (Å²) in [5, 5.41) is 0. The zero-order valence-electron chi connectivity index (χ0n) is 18.1. The molecule has 168 valence electrons. The van der Waals surface area contributed by atoms with Crippen molar-refractivity contribution in [2.24, 2.45) is 40.9 Å². The minimum Gasteiger partial charge on any atom is -0.350 e. The van der Waals surface area contributed by atoms with Gasteiger partial charge in [0.1, 0.15) is 24.3 Å². The Morgan fingerprint density at radius 3 is 2.65 bits per heavy atom. The average molecular weight is 430 g/mol. The molecule has 0 amide bonds. The highest BCUT2D eigenvalue weighted by atomic mass is 16.9. The summed E-state index contributed by atoms with van der Waals surface area (Å²) in [6.45, 7) is 4.82. The number of aldehydes is 1. The Bertz CT molecular complexity index is 868. The van der Waals surface area contributed by atoms with Crippen LogP contribution in [0.3, 0.4) is 0 Å². The van der Waals surface area contributed by atoms with Crippen molar-refractivity contribution in [3.63, 3.8) is 0 Å². The van der Waals surface area contributed by atoms with Crippen LogP contribution < -0.4 is 0 Å². The van der Waals surface area contributed by atoms with E-state index in [4.69, 9.17) is 18.9 Å². The summed E-state index contributed by atoms with van der Waals surface area (Å²) in [7, 11) is 0. The molecular weight excluding hydrogens is 400 g/mol. The number of carbonyl (C=O) groups is 3. The summed E-state index contributed by atoms with van der Waals surface area (Å²) in [6.07, 6.45) is 6.35. The third kappa shape index (κ3) is 2.36. The van der Waals surface area contributed by atoms with Crippen LogP contribution in [0.2, 0.25) is 0 Å². The number of hydrogen-bond acceptors (Lipinski definition) is 7. The van der Waals surface area contributed by atoms with Gasteiger partial charge in [-0.1, -0.05) is 19.4 Å². The van der Waals surface area contributed by atoms with E-state index >= 15 is 0 Å². The van der Waals surface area contributed by atoms with E-state index in [1.165, 1.54) is 0 Å². The Labute approximate surface area is 181 Å². The van der Waals surface area contributed by atoms with Crippen molar-refractivity contribution in [1.82, 2.24) is 0 Å². The maximum Gasteiger partial charge on any atom is 0.226 e. The lowest BCUT2D eigenvalue weighted by atomic mass is 9.46. The molecule has 7 heteroatoms. The van der Waals surface area contributed by atoms with Crippen molar-refractivity contribution in [3.8, 4) is 0 Å². The predicted molar refractivity (Wildman–Crippen MR) is 106 cm³/mol. The molecule has 0 radical (unpaired) electrons. The molecule has 31 heavy (non-hydrogen) atoms. The van der Waals surface area contributed by atoms with Crippen LogP contribution in [0.5, 0.6) is 0 Å². The minimum absolute atomic E-state index is 0.0201. The molecule has 6 aliphatic rings. The van der Waals surface area contributed by atoms with Gasteiger partial charge in [0.2, 0.25) is 5.79 Å². The molecule has 2 aliphatic heterocycles. The summed E-state index contributed by atoms with van der Waals surface area (Å²) in [4.78, 5) is 38.0. The van der Waals surface area contributed by atoms with Gasteiger partial charge in [-0.05, 0) is 55.4 Å². The Hall–Kier alpha value is -1.41. The van der Waals surface area contributed by atoms with Crippen LogP contribution in [-0.2, 0) is 33.3 Å². The van der Waals surface area contributed by atoms with Crippen LogP contribution in [-0.4, -0.2) is 49.4 Å². The molecule has 5 fully saturated rings. The van der Waals surface area contributed by atoms with Gasteiger partial charge in [-0.3, -0.25) is 9.59 Å². The third-order valence-electron chi connectivity index (χ3n) is 9.70. The molecular formula is C24H30O7. The summed E-state index contributed by atoms with van der Waals surface area (Å²) >= 11 is 0. The first-order valence-electron chi connectivity index (χ1n) is 11.6. The van der Waals surface area contributed by atoms with E-state index < -0.39 is 22.7 Å². The van der Waals surface area contributed by atoms with Gasteiger partial charge >= 0.3 is 0 Å². The SMILES string of the molecule is C[C@@H]1C(=O)C2C(CCC3=CC(=O)C(C=O)C[C@@]32C)C2CC[C@@]3(OCOC34COCO4)C21. The number of carbonyl (C=O) groups excluding carboxylic acids is 3. The molecule has 0 aromatic rings. The quantitative estimate of drug-likeness (QED) is 0.466. The molecule has 0 bridgehead atoms. The van der Waals surface area contributed by atoms with Crippen molar-refractivity contribution in [2.75, 3.05) is 20.2 Å². The van der Waals surface area contributed by atoms with E-state index in [2.05, 4.69) is 6.92 Å². The van der Waals surface area contributed by atoms with Gasteiger partial charge in [-0.2, -0.15) is 0 Å². The molecule has 9 atom stereocenters. The number of rotatable bonds is 1. The van der Waals surface area contributed by atoms with Gasteiger partial charge in [0, 0.05) is 17.8 Å². The second kappa shape index (κ2) is 6.56. The molecule has 4 aliphatic carbocycles.